The minimum Gasteiger partial charge on any atom is -0.465 e. The van der Waals surface area contributed by atoms with Gasteiger partial charge in [-0.1, -0.05) is 12.1 Å². The number of ether oxygens (including phenoxy) is 1. The first-order valence-corrected chi connectivity index (χ1v) is 5.93. The van der Waals surface area contributed by atoms with E-state index in [1.807, 2.05) is 0 Å². The van der Waals surface area contributed by atoms with E-state index in [4.69, 9.17) is 10.2 Å². The van der Waals surface area contributed by atoms with Crippen LogP contribution in [0.3, 0.4) is 0 Å². The van der Waals surface area contributed by atoms with Crippen LogP contribution >= 0.6 is 0 Å². The van der Waals surface area contributed by atoms with Gasteiger partial charge < -0.3 is 20.2 Å². The normalized spacial score (nSPS) is 10.1. The summed E-state index contributed by atoms with van der Waals surface area (Å²) < 4.78 is 9.90. The molecule has 20 heavy (non-hydrogen) atoms. The van der Waals surface area contributed by atoms with Crippen molar-refractivity contribution < 1.29 is 18.7 Å². The molecule has 1 heterocycles. The molecule has 0 aliphatic rings. The van der Waals surface area contributed by atoms with Gasteiger partial charge in [-0.25, -0.2) is 4.79 Å². The third-order valence-electron chi connectivity index (χ3n) is 2.67. The minimum atomic E-state index is -0.525. The molecule has 0 bridgehead atoms. The topological polar surface area (TPSA) is 94.6 Å². The molecule has 0 atom stereocenters. The Morgan fingerprint density at radius 3 is 2.65 bits per heavy atom. The molecular weight excluding hydrogens is 260 g/mol. The van der Waals surface area contributed by atoms with Crippen LogP contribution < -0.4 is 11.1 Å². The summed E-state index contributed by atoms with van der Waals surface area (Å²) in [4.78, 5) is 23.6. The van der Waals surface area contributed by atoms with Gasteiger partial charge in [0.15, 0.2) is 5.76 Å². The molecule has 2 aromatic rings. The molecule has 0 fully saturated rings. The Balaban J connectivity index is 2.21. The maximum Gasteiger partial charge on any atom is 0.339 e. The van der Waals surface area contributed by atoms with Gasteiger partial charge >= 0.3 is 5.97 Å². The lowest BCUT2D eigenvalue weighted by Gasteiger charge is -2.08. The van der Waals surface area contributed by atoms with Gasteiger partial charge in [-0.2, -0.15) is 0 Å². The number of hydrogen-bond donors (Lipinski definition) is 2. The van der Waals surface area contributed by atoms with Gasteiger partial charge in [-0.15, -0.1) is 0 Å². The lowest BCUT2D eigenvalue weighted by molar-refractivity contribution is 0.0602. The fraction of sp³-hybridized carbons (Fsp3) is 0.143. The van der Waals surface area contributed by atoms with E-state index in [1.54, 1.807) is 30.3 Å². The van der Waals surface area contributed by atoms with Crippen LogP contribution in [-0.4, -0.2) is 19.0 Å². The van der Waals surface area contributed by atoms with Crippen LogP contribution in [0.5, 0.6) is 0 Å². The Labute approximate surface area is 115 Å². The fourth-order valence-electron chi connectivity index (χ4n) is 1.67. The van der Waals surface area contributed by atoms with E-state index >= 15 is 0 Å². The molecule has 1 amide bonds. The first kappa shape index (κ1) is 13.8. The van der Waals surface area contributed by atoms with E-state index in [-0.39, 0.29) is 17.9 Å². The van der Waals surface area contributed by atoms with Gasteiger partial charge in [0.05, 0.1) is 24.9 Å². The zero-order chi connectivity index (χ0) is 14.5. The predicted octanol–water partition coefficient (Wildman–Crippen LogP) is 1.78. The number of carbonyl (C=O) groups is 2. The van der Waals surface area contributed by atoms with Crippen molar-refractivity contribution in [3.8, 4) is 0 Å². The molecule has 6 heteroatoms. The average molecular weight is 274 g/mol. The van der Waals surface area contributed by atoms with E-state index in [2.05, 4.69) is 10.1 Å². The molecule has 0 radical (unpaired) electrons. The number of methoxy groups -OCH3 is 1. The maximum atomic E-state index is 12.0. The molecule has 2 rings (SSSR count). The van der Waals surface area contributed by atoms with E-state index in [9.17, 15) is 9.59 Å². The highest BCUT2D eigenvalue weighted by molar-refractivity contribution is 6.06. The first-order valence-electron chi connectivity index (χ1n) is 5.93. The van der Waals surface area contributed by atoms with Crippen molar-refractivity contribution in [2.24, 2.45) is 5.73 Å². The average Bonchev–Trinajstić information content (AvgIpc) is 2.96. The molecule has 1 aromatic heterocycles. The lowest BCUT2D eigenvalue weighted by atomic mass is 10.2. The van der Waals surface area contributed by atoms with Crippen molar-refractivity contribution in [3.63, 3.8) is 0 Å². The van der Waals surface area contributed by atoms with E-state index in [0.29, 0.717) is 11.4 Å². The summed E-state index contributed by atoms with van der Waals surface area (Å²) in [5, 5.41) is 2.61. The standard InChI is InChI=1S/C14H14N2O4/c1-19-14(18)10-4-2-3-5-11(10)16-13(17)12-7-6-9(8-15)20-12/h2-7H,8,15H2,1H3,(H,16,17). The van der Waals surface area contributed by atoms with Crippen LogP contribution in [0.15, 0.2) is 40.8 Å². The van der Waals surface area contributed by atoms with E-state index in [0.717, 1.165) is 0 Å². The summed E-state index contributed by atoms with van der Waals surface area (Å²) in [6, 6.07) is 9.71. The Kier molecular flexibility index (Phi) is 4.17. The summed E-state index contributed by atoms with van der Waals surface area (Å²) >= 11 is 0. The van der Waals surface area contributed by atoms with Crippen LogP contribution in [0.1, 0.15) is 26.7 Å². The molecule has 0 aliphatic heterocycles. The maximum absolute atomic E-state index is 12.0. The van der Waals surface area contributed by atoms with E-state index < -0.39 is 11.9 Å². The van der Waals surface area contributed by atoms with Crippen LogP contribution in [0, 0.1) is 0 Å². The largest absolute Gasteiger partial charge is 0.465 e. The smallest absolute Gasteiger partial charge is 0.339 e. The van der Waals surface area contributed by atoms with Crippen molar-refractivity contribution in [1.82, 2.24) is 0 Å². The Bertz CT molecular complexity index is 634. The molecule has 3 N–H and O–H groups in total. The van der Waals surface area contributed by atoms with Crippen molar-refractivity contribution in [3.05, 3.63) is 53.5 Å². The van der Waals surface area contributed by atoms with Gasteiger partial charge in [-0.05, 0) is 24.3 Å². The quantitative estimate of drug-likeness (QED) is 0.829. The second-order valence-corrected chi connectivity index (χ2v) is 3.96. The van der Waals surface area contributed by atoms with Crippen LogP contribution in [0.4, 0.5) is 5.69 Å². The number of carbonyl (C=O) groups excluding carboxylic acids is 2. The summed E-state index contributed by atoms with van der Waals surface area (Å²) in [5.74, 6) is -0.342. The summed E-state index contributed by atoms with van der Waals surface area (Å²) in [7, 11) is 1.28. The highest BCUT2D eigenvalue weighted by atomic mass is 16.5. The predicted molar refractivity (Wildman–Crippen MR) is 72.3 cm³/mol. The van der Waals surface area contributed by atoms with Crippen molar-refractivity contribution in [2.45, 2.75) is 6.54 Å². The fourth-order valence-corrected chi connectivity index (χ4v) is 1.67. The molecule has 0 saturated heterocycles. The van der Waals surface area contributed by atoms with Crippen molar-refractivity contribution in [1.29, 1.82) is 0 Å². The zero-order valence-electron chi connectivity index (χ0n) is 10.9. The van der Waals surface area contributed by atoms with Crippen LogP contribution in [-0.2, 0) is 11.3 Å². The Morgan fingerprint density at radius 2 is 2.00 bits per heavy atom. The van der Waals surface area contributed by atoms with Gasteiger partial charge in [-0.3, -0.25) is 4.79 Å². The zero-order valence-corrected chi connectivity index (χ0v) is 10.9. The monoisotopic (exact) mass is 274 g/mol. The van der Waals surface area contributed by atoms with Gasteiger partial charge in [0.1, 0.15) is 5.76 Å². The van der Waals surface area contributed by atoms with Gasteiger partial charge in [0.25, 0.3) is 5.91 Å². The van der Waals surface area contributed by atoms with Crippen LogP contribution in [0.2, 0.25) is 0 Å². The highest BCUT2D eigenvalue weighted by Crippen LogP contribution is 2.18. The van der Waals surface area contributed by atoms with Crippen molar-refractivity contribution in [2.75, 3.05) is 12.4 Å². The minimum absolute atomic E-state index is 0.130. The summed E-state index contributed by atoms with van der Waals surface area (Å²) in [5.41, 5.74) is 6.04. The van der Waals surface area contributed by atoms with Crippen molar-refractivity contribution >= 4 is 17.6 Å². The number of amides is 1. The number of para-hydroxylation sites is 1. The lowest BCUT2D eigenvalue weighted by Crippen LogP contribution is -2.14. The first-order chi connectivity index (χ1) is 9.65. The number of rotatable bonds is 4. The highest BCUT2D eigenvalue weighted by Gasteiger charge is 2.16. The number of nitrogens with one attached hydrogen (secondary N) is 1. The summed E-state index contributed by atoms with van der Waals surface area (Å²) in [6.45, 7) is 0.214. The van der Waals surface area contributed by atoms with Crippen LogP contribution in [0.25, 0.3) is 0 Å². The molecule has 1 aromatic carbocycles. The molecule has 0 aliphatic carbocycles. The third-order valence-corrected chi connectivity index (χ3v) is 2.67. The molecule has 104 valence electrons. The Hall–Kier alpha value is -2.60. The number of hydrogen-bond acceptors (Lipinski definition) is 5. The molecule has 0 spiro atoms. The number of benzene rings is 1. The second kappa shape index (κ2) is 6.03. The third kappa shape index (κ3) is 2.86. The number of nitrogens with two attached hydrogens (primary N) is 1. The molecule has 0 unspecified atom stereocenters. The number of esters is 1. The SMILES string of the molecule is COC(=O)c1ccccc1NC(=O)c1ccc(CN)o1. The van der Waals surface area contributed by atoms with E-state index in [1.165, 1.54) is 13.2 Å². The number of anilines is 1. The second-order valence-electron chi connectivity index (χ2n) is 3.96. The molecule has 6 nitrogen and oxygen atoms in total. The van der Waals surface area contributed by atoms with Gasteiger partial charge in [0.2, 0.25) is 0 Å². The number of furan rings is 1. The Morgan fingerprint density at radius 1 is 1.25 bits per heavy atom. The molecular formula is C14H14N2O4. The van der Waals surface area contributed by atoms with Gasteiger partial charge in [0, 0.05) is 0 Å². The molecule has 0 saturated carbocycles. The summed E-state index contributed by atoms with van der Waals surface area (Å²) in [6.07, 6.45) is 0.